The number of ether oxygens (including phenoxy) is 1. The van der Waals surface area contributed by atoms with Crippen LogP contribution in [0.1, 0.15) is 16.8 Å². The maximum atomic E-state index is 13.8. The fraction of sp³-hybridized carbons (Fsp3) is 0.0882. The van der Waals surface area contributed by atoms with Crippen molar-refractivity contribution in [1.82, 2.24) is 14.2 Å². The molecular formula is C34H26N4O3. The van der Waals surface area contributed by atoms with Crippen LogP contribution < -0.4 is 10.3 Å². The van der Waals surface area contributed by atoms with Gasteiger partial charge in [-0.15, -0.1) is 0 Å². The highest BCUT2D eigenvalue weighted by atomic mass is 16.5. The van der Waals surface area contributed by atoms with E-state index in [4.69, 9.17) is 19.2 Å². The van der Waals surface area contributed by atoms with Crippen molar-refractivity contribution in [3.8, 4) is 17.3 Å². The predicted molar refractivity (Wildman–Crippen MR) is 163 cm³/mol. The molecule has 0 unspecified atom stereocenters. The molecule has 0 saturated carbocycles. The molecule has 41 heavy (non-hydrogen) atoms. The second kappa shape index (κ2) is 9.95. The molecule has 200 valence electrons. The van der Waals surface area contributed by atoms with E-state index in [9.17, 15) is 4.79 Å². The molecule has 3 aromatic heterocycles. The van der Waals surface area contributed by atoms with Gasteiger partial charge in [-0.25, -0.2) is 4.98 Å². The molecule has 0 aliphatic heterocycles. The Morgan fingerprint density at radius 1 is 0.878 bits per heavy atom. The Kier molecular flexibility index (Phi) is 5.97. The molecule has 0 radical (unpaired) electrons. The average Bonchev–Trinajstić information content (AvgIpc) is 3.56. The molecule has 7 heteroatoms. The minimum atomic E-state index is -0.278. The number of nitrogens with zero attached hydrogens (tertiary/aromatic N) is 4. The van der Waals surface area contributed by atoms with Crippen LogP contribution in [0.5, 0.6) is 5.75 Å². The number of aromatic nitrogens is 3. The molecule has 0 atom stereocenters. The molecule has 0 bridgehead atoms. The number of fused-ring (bicyclic) bond motifs is 3. The molecular weight excluding hydrogens is 512 g/mol. The van der Waals surface area contributed by atoms with Gasteiger partial charge in [-0.05, 0) is 48.9 Å². The van der Waals surface area contributed by atoms with Crippen LogP contribution in [-0.2, 0) is 6.54 Å². The number of hydrogen-bond acceptors (Lipinski definition) is 5. The summed E-state index contributed by atoms with van der Waals surface area (Å²) in [5, 5.41) is 7.09. The van der Waals surface area contributed by atoms with Gasteiger partial charge in [0.05, 0.1) is 29.6 Å². The van der Waals surface area contributed by atoms with E-state index < -0.39 is 0 Å². The summed E-state index contributed by atoms with van der Waals surface area (Å²) in [5.74, 6) is 1.42. The van der Waals surface area contributed by atoms with E-state index in [0.29, 0.717) is 33.8 Å². The van der Waals surface area contributed by atoms with Gasteiger partial charge in [0.25, 0.3) is 5.56 Å². The Labute approximate surface area is 235 Å². The van der Waals surface area contributed by atoms with Crippen LogP contribution in [0.3, 0.4) is 0 Å². The maximum Gasteiger partial charge on any atom is 0.282 e. The lowest BCUT2D eigenvalue weighted by molar-refractivity contribution is 0.419. The smallest absolute Gasteiger partial charge is 0.282 e. The standard InChI is InChI=1S/C34H26N4O3/c1-22-27(24-13-7-9-16-29(24)37(22)21-23-11-4-3-5-12-23)20-35-38-33(36-28-15-8-6-14-25(28)34(38)39)32-19-26-30(40-2)17-10-18-31(26)41-32/h3-20H,21H2,1-2H3. The lowest BCUT2D eigenvalue weighted by Gasteiger charge is -2.09. The van der Waals surface area contributed by atoms with Crippen molar-refractivity contribution in [3.05, 3.63) is 130 Å². The summed E-state index contributed by atoms with van der Waals surface area (Å²) in [7, 11) is 1.62. The van der Waals surface area contributed by atoms with Crippen molar-refractivity contribution in [1.29, 1.82) is 0 Å². The Morgan fingerprint density at radius 3 is 2.46 bits per heavy atom. The van der Waals surface area contributed by atoms with E-state index in [2.05, 4.69) is 35.8 Å². The zero-order valence-electron chi connectivity index (χ0n) is 22.6. The van der Waals surface area contributed by atoms with Crippen LogP contribution in [0.15, 0.2) is 117 Å². The van der Waals surface area contributed by atoms with Crippen LogP contribution in [0.2, 0.25) is 0 Å². The third-order valence-corrected chi connectivity index (χ3v) is 7.48. The van der Waals surface area contributed by atoms with E-state index in [1.807, 2.05) is 72.8 Å². The van der Waals surface area contributed by atoms with Crippen molar-refractivity contribution >= 4 is 39.0 Å². The van der Waals surface area contributed by atoms with E-state index in [1.165, 1.54) is 10.2 Å². The molecule has 7 nitrogen and oxygen atoms in total. The monoisotopic (exact) mass is 538 g/mol. The fourth-order valence-corrected chi connectivity index (χ4v) is 5.42. The predicted octanol–water partition coefficient (Wildman–Crippen LogP) is 7.01. The normalized spacial score (nSPS) is 11.8. The van der Waals surface area contributed by atoms with Gasteiger partial charge in [-0.3, -0.25) is 4.79 Å². The lowest BCUT2D eigenvalue weighted by atomic mass is 10.1. The highest BCUT2D eigenvalue weighted by molar-refractivity contribution is 6.01. The summed E-state index contributed by atoms with van der Waals surface area (Å²) in [6, 6.07) is 33.3. The Morgan fingerprint density at radius 2 is 1.63 bits per heavy atom. The van der Waals surface area contributed by atoms with Gasteiger partial charge in [0, 0.05) is 28.7 Å². The Hall–Kier alpha value is -5.43. The van der Waals surface area contributed by atoms with E-state index in [0.717, 1.165) is 34.1 Å². The summed E-state index contributed by atoms with van der Waals surface area (Å²) >= 11 is 0. The molecule has 3 heterocycles. The molecule has 0 amide bonds. The van der Waals surface area contributed by atoms with Crippen molar-refractivity contribution in [2.24, 2.45) is 5.10 Å². The first-order chi connectivity index (χ1) is 20.1. The van der Waals surface area contributed by atoms with E-state index in [1.54, 1.807) is 19.4 Å². The molecule has 0 fully saturated rings. The van der Waals surface area contributed by atoms with Crippen LogP contribution in [0.25, 0.3) is 44.4 Å². The minimum Gasteiger partial charge on any atom is -0.496 e. The van der Waals surface area contributed by atoms with E-state index in [-0.39, 0.29) is 5.56 Å². The SMILES string of the molecule is COc1cccc2oc(-c3nc4ccccc4c(=O)n3N=Cc3c(C)n(Cc4ccccc4)c4ccccc34)cc12. The maximum absolute atomic E-state index is 13.8. The largest absolute Gasteiger partial charge is 0.496 e. The van der Waals surface area contributed by atoms with Gasteiger partial charge in [0.15, 0.2) is 5.76 Å². The first kappa shape index (κ1) is 24.6. The number of rotatable bonds is 6. The molecule has 7 rings (SSSR count). The van der Waals surface area contributed by atoms with Gasteiger partial charge in [0.1, 0.15) is 11.3 Å². The Balaban J connectivity index is 1.42. The van der Waals surface area contributed by atoms with Gasteiger partial charge in [-0.2, -0.15) is 9.78 Å². The molecule has 7 aromatic rings. The van der Waals surface area contributed by atoms with Gasteiger partial charge in [-0.1, -0.05) is 66.7 Å². The fourth-order valence-electron chi connectivity index (χ4n) is 5.42. The summed E-state index contributed by atoms with van der Waals surface area (Å²) < 4.78 is 15.3. The number of methoxy groups -OCH3 is 1. The molecule has 0 spiro atoms. The van der Waals surface area contributed by atoms with Crippen LogP contribution in [0, 0.1) is 6.92 Å². The third kappa shape index (κ3) is 4.19. The molecule has 0 N–H and O–H groups in total. The minimum absolute atomic E-state index is 0.278. The zero-order chi connectivity index (χ0) is 27.9. The van der Waals surface area contributed by atoms with Crippen molar-refractivity contribution in [2.75, 3.05) is 7.11 Å². The highest BCUT2D eigenvalue weighted by Gasteiger charge is 2.19. The number of furan rings is 1. The van der Waals surface area contributed by atoms with Crippen LogP contribution >= 0.6 is 0 Å². The highest BCUT2D eigenvalue weighted by Crippen LogP contribution is 2.33. The van der Waals surface area contributed by atoms with Crippen LogP contribution in [0.4, 0.5) is 0 Å². The first-order valence-electron chi connectivity index (χ1n) is 13.4. The summed E-state index contributed by atoms with van der Waals surface area (Å²) in [4.78, 5) is 18.6. The Bertz CT molecular complexity index is 2150. The zero-order valence-corrected chi connectivity index (χ0v) is 22.6. The van der Waals surface area contributed by atoms with Gasteiger partial charge >= 0.3 is 0 Å². The molecule has 0 aliphatic rings. The number of benzene rings is 4. The van der Waals surface area contributed by atoms with Crippen molar-refractivity contribution in [3.63, 3.8) is 0 Å². The average molecular weight is 539 g/mol. The lowest BCUT2D eigenvalue weighted by Crippen LogP contribution is -2.20. The number of para-hydroxylation sites is 2. The first-order valence-corrected chi connectivity index (χ1v) is 13.4. The molecule has 4 aromatic carbocycles. The second-order valence-corrected chi connectivity index (χ2v) is 9.88. The third-order valence-electron chi connectivity index (χ3n) is 7.48. The van der Waals surface area contributed by atoms with E-state index >= 15 is 0 Å². The van der Waals surface area contributed by atoms with Crippen molar-refractivity contribution in [2.45, 2.75) is 13.5 Å². The summed E-state index contributed by atoms with van der Waals surface area (Å²) in [5.41, 5.74) is 5.23. The summed E-state index contributed by atoms with van der Waals surface area (Å²) in [6.07, 6.45) is 1.75. The topological polar surface area (TPSA) is 74.6 Å². The van der Waals surface area contributed by atoms with Gasteiger partial charge in [0.2, 0.25) is 5.82 Å². The summed E-state index contributed by atoms with van der Waals surface area (Å²) in [6.45, 7) is 2.81. The van der Waals surface area contributed by atoms with Gasteiger partial charge < -0.3 is 13.7 Å². The molecule has 0 saturated heterocycles. The second-order valence-electron chi connectivity index (χ2n) is 9.88. The quantitative estimate of drug-likeness (QED) is 0.214. The number of hydrogen-bond donors (Lipinski definition) is 0. The van der Waals surface area contributed by atoms with Crippen molar-refractivity contribution < 1.29 is 9.15 Å². The molecule has 0 aliphatic carbocycles. The van der Waals surface area contributed by atoms with Crippen LogP contribution in [-0.4, -0.2) is 27.6 Å².